The lowest BCUT2D eigenvalue weighted by molar-refractivity contribution is 0.460. The van der Waals surface area contributed by atoms with E-state index in [0.29, 0.717) is 0 Å². The summed E-state index contributed by atoms with van der Waals surface area (Å²) in [5.41, 5.74) is 5.68. The lowest BCUT2D eigenvalue weighted by Crippen LogP contribution is -2.20. The van der Waals surface area contributed by atoms with Gasteiger partial charge in [0.25, 0.3) is 0 Å². The summed E-state index contributed by atoms with van der Waals surface area (Å²) in [7, 11) is 2.00. The highest BCUT2D eigenvalue weighted by Crippen LogP contribution is 2.30. The van der Waals surface area contributed by atoms with Gasteiger partial charge in [-0.25, -0.2) is 0 Å². The third-order valence-corrected chi connectivity index (χ3v) is 3.99. The first-order valence-electron chi connectivity index (χ1n) is 7.60. The Morgan fingerprint density at radius 2 is 1.70 bits per heavy atom. The zero-order valence-electron chi connectivity index (χ0n) is 13.0. The smallest absolute Gasteiger partial charge is 0.125 e. The van der Waals surface area contributed by atoms with Gasteiger partial charge in [0, 0.05) is 0 Å². The highest BCUT2D eigenvalue weighted by Gasteiger charge is 2.21. The Kier molecular flexibility index (Phi) is 5.02. The van der Waals surface area contributed by atoms with Gasteiger partial charge in [-0.15, -0.1) is 0 Å². The van der Waals surface area contributed by atoms with Crippen LogP contribution in [0.3, 0.4) is 0 Å². The first-order chi connectivity index (χ1) is 9.74. The van der Waals surface area contributed by atoms with Gasteiger partial charge < -0.3 is 9.73 Å². The van der Waals surface area contributed by atoms with Crippen molar-refractivity contribution in [1.29, 1.82) is 0 Å². The second-order valence-corrected chi connectivity index (χ2v) is 5.13. The molecule has 1 aromatic heterocycles. The zero-order chi connectivity index (χ0) is 14.5. The minimum atomic E-state index is 0.140. The van der Waals surface area contributed by atoms with E-state index in [2.05, 4.69) is 38.2 Å². The fourth-order valence-corrected chi connectivity index (χ4v) is 2.90. The fourth-order valence-electron chi connectivity index (χ4n) is 2.90. The van der Waals surface area contributed by atoms with E-state index in [4.69, 9.17) is 4.42 Å². The van der Waals surface area contributed by atoms with E-state index in [1.54, 1.807) is 6.26 Å². The lowest BCUT2D eigenvalue weighted by atomic mass is 9.88. The number of benzene rings is 1. The van der Waals surface area contributed by atoms with Crippen LogP contribution in [0, 0.1) is 0 Å². The molecule has 0 spiro atoms. The van der Waals surface area contributed by atoms with Crippen molar-refractivity contribution in [3.05, 3.63) is 58.5 Å². The summed E-state index contributed by atoms with van der Waals surface area (Å²) in [5, 5.41) is 3.41. The van der Waals surface area contributed by atoms with Crippen LogP contribution in [0.2, 0.25) is 0 Å². The molecular weight excluding hydrogens is 246 g/mol. The molecule has 0 saturated carbocycles. The molecule has 1 N–H and O–H groups in total. The van der Waals surface area contributed by atoms with Gasteiger partial charge in [0.2, 0.25) is 0 Å². The van der Waals surface area contributed by atoms with Gasteiger partial charge in [0.15, 0.2) is 0 Å². The molecule has 1 aromatic carbocycles. The van der Waals surface area contributed by atoms with Gasteiger partial charge in [-0.05, 0) is 60.7 Å². The number of aryl methyl sites for hydroxylation is 3. The quantitative estimate of drug-likeness (QED) is 0.848. The van der Waals surface area contributed by atoms with Crippen molar-refractivity contribution in [1.82, 2.24) is 5.32 Å². The summed E-state index contributed by atoms with van der Waals surface area (Å²) >= 11 is 0. The highest BCUT2D eigenvalue weighted by molar-refractivity contribution is 5.44. The minimum Gasteiger partial charge on any atom is -0.467 e. The van der Waals surface area contributed by atoms with E-state index in [-0.39, 0.29) is 6.04 Å². The number of rotatable bonds is 6. The van der Waals surface area contributed by atoms with Crippen molar-refractivity contribution in [3.63, 3.8) is 0 Å². The second kappa shape index (κ2) is 6.76. The van der Waals surface area contributed by atoms with E-state index in [9.17, 15) is 0 Å². The molecule has 0 saturated heterocycles. The molecule has 0 aliphatic carbocycles. The molecule has 20 heavy (non-hydrogen) atoms. The van der Waals surface area contributed by atoms with Crippen LogP contribution >= 0.6 is 0 Å². The van der Waals surface area contributed by atoms with Crippen LogP contribution in [0.4, 0.5) is 0 Å². The van der Waals surface area contributed by atoms with Crippen molar-refractivity contribution in [2.24, 2.45) is 0 Å². The summed E-state index contributed by atoms with van der Waals surface area (Å²) in [5.74, 6) is 0.987. The van der Waals surface area contributed by atoms with Crippen LogP contribution in [0.25, 0.3) is 0 Å². The second-order valence-electron chi connectivity index (χ2n) is 5.13. The van der Waals surface area contributed by atoms with Gasteiger partial charge in [-0.3, -0.25) is 0 Å². The first kappa shape index (κ1) is 14.9. The Morgan fingerprint density at radius 3 is 2.10 bits per heavy atom. The van der Waals surface area contributed by atoms with Gasteiger partial charge in [0.1, 0.15) is 5.76 Å². The maximum atomic E-state index is 5.63. The number of hydrogen-bond acceptors (Lipinski definition) is 2. The monoisotopic (exact) mass is 271 g/mol. The fraction of sp³-hybridized carbons (Fsp3) is 0.444. The summed E-state index contributed by atoms with van der Waals surface area (Å²) in [6, 6.07) is 8.84. The molecule has 2 aromatic rings. The van der Waals surface area contributed by atoms with Crippen LogP contribution in [-0.2, 0) is 19.3 Å². The molecule has 1 unspecified atom stereocenters. The van der Waals surface area contributed by atoms with Gasteiger partial charge in [0.05, 0.1) is 12.3 Å². The molecule has 0 fully saturated rings. The van der Waals surface area contributed by atoms with E-state index in [1.807, 2.05) is 19.2 Å². The van der Waals surface area contributed by atoms with E-state index < -0.39 is 0 Å². The molecule has 0 bridgehead atoms. The Balaban J connectivity index is 2.58. The Labute approximate surface area is 122 Å². The van der Waals surface area contributed by atoms with Crippen molar-refractivity contribution in [3.8, 4) is 0 Å². The number of furan rings is 1. The minimum absolute atomic E-state index is 0.140. The van der Waals surface area contributed by atoms with Crippen LogP contribution < -0.4 is 5.32 Å². The third-order valence-electron chi connectivity index (χ3n) is 3.99. The molecule has 2 heteroatoms. The van der Waals surface area contributed by atoms with E-state index in [1.165, 1.54) is 22.3 Å². The van der Waals surface area contributed by atoms with Crippen molar-refractivity contribution < 1.29 is 4.42 Å². The summed E-state index contributed by atoms with van der Waals surface area (Å²) in [6.45, 7) is 6.68. The summed E-state index contributed by atoms with van der Waals surface area (Å²) < 4.78 is 5.63. The standard InChI is InChI=1S/C18H25NO/c1-5-13-11-14(6-2)17(15(7-3)12-13)18(19-4)16-9-8-10-20-16/h8-12,18-19H,5-7H2,1-4H3. The van der Waals surface area contributed by atoms with Gasteiger partial charge >= 0.3 is 0 Å². The Bertz CT molecular complexity index is 518. The highest BCUT2D eigenvalue weighted by atomic mass is 16.3. The first-order valence-corrected chi connectivity index (χ1v) is 7.60. The average Bonchev–Trinajstić information content (AvgIpc) is 3.01. The molecule has 2 rings (SSSR count). The average molecular weight is 271 g/mol. The predicted octanol–water partition coefficient (Wildman–Crippen LogP) is 4.28. The van der Waals surface area contributed by atoms with Crippen molar-refractivity contribution in [2.45, 2.75) is 46.1 Å². The zero-order valence-corrected chi connectivity index (χ0v) is 13.0. The molecule has 1 heterocycles. The van der Waals surface area contributed by atoms with Crippen LogP contribution in [-0.4, -0.2) is 7.05 Å². The van der Waals surface area contributed by atoms with E-state index in [0.717, 1.165) is 25.0 Å². The molecule has 0 amide bonds. The SMILES string of the molecule is CCc1cc(CC)c(C(NC)c2ccco2)c(CC)c1. The predicted molar refractivity (Wildman–Crippen MR) is 84.2 cm³/mol. The number of hydrogen-bond donors (Lipinski definition) is 1. The summed E-state index contributed by atoms with van der Waals surface area (Å²) in [4.78, 5) is 0. The van der Waals surface area contributed by atoms with Gasteiger partial charge in [-0.1, -0.05) is 32.9 Å². The third kappa shape index (κ3) is 2.80. The molecule has 2 nitrogen and oxygen atoms in total. The molecule has 0 radical (unpaired) electrons. The molecule has 1 atom stereocenters. The van der Waals surface area contributed by atoms with Crippen LogP contribution in [0.5, 0.6) is 0 Å². The maximum absolute atomic E-state index is 5.63. The normalized spacial score (nSPS) is 12.6. The van der Waals surface area contributed by atoms with Crippen LogP contribution in [0.15, 0.2) is 34.9 Å². The van der Waals surface area contributed by atoms with E-state index >= 15 is 0 Å². The van der Waals surface area contributed by atoms with Crippen LogP contribution in [0.1, 0.15) is 54.8 Å². The largest absolute Gasteiger partial charge is 0.467 e. The molecular formula is C18H25NO. The molecule has 108 valence electrons. The summed E-state index contributed by atoms with van der Waals surface area (Å²) in [6.07, 6.45) is 4.94. The lowest BCUT2D eigenvalue weighted by Gasteiger charge is -2.22. The molecule has 0 aliphatic heterocycles. The topological polar surface area (TPSA) is 25.2 Å². The number of nitrogens with one attached hydrogen (secondary N) is 1. The Morgan fingerprint density at radius 1 is 1.05 bits per heavy atom. The van der Waals surface area contributed by atoms with Gasteiger partial charge in [-0.2, -0.15) is 0 Å². The molecule has 0 aliphatic rings. The maximum Gasteiger partial charge on any atom is 0.125 e. The van der Waals surface area contributed by atoms with Crippen molar-refractivity contribution in [2.75, 3.05) is 7.05 Å². The Hall–Kier alpha value is -1.54. The van der Waals surface area contributed by atoms with Crippen molar-refractivity contribution >= 4 is 0 Å².